The molecule has 2 nitrogen and oxygen atoms in total. The maximum absolute atomic E-state index is 15.2. The quantitative estimate of drug-likeness (QED) is 0.302. The molecule has 0 radical (unpaired) electrons. The Morgan fingerprint density at radius 3 is 1.70 bits per heavy atom. The molecule has 0 spiro atoms. The van der Waals surface area contributed by atoms with Crippen LogP contribution in [0.4, 0.5) is 0 Å². The van der Waals surface area contributed by atoms with Crippen LogP contribution in [-0.2, 0) is 4.57 Å². The van der Waals surface area contributed by atoms with Gasteiger partial charge in [-0.05, 0) is 18.9 Å². The van der Waals surface area contributed by atoms with Crippen molar-refractivity contribution in [3.05, 3.63) is 96.6 Å². The minimum absolute atomic E-state index is 0.699. The summed E-state index contributed by atoms with van der Waals surface area (Å²) in [6.45, 7) is 4.22. The summed E-state index contributed by atoms with van der Waals surface area (Å²) in [5.74, 6) is 0. The van der Waals surface area contributed by atoms with E-state index < -0.39 is 18.4 Å². The molecule has 0 aliphatic heterocycles. The van der Waals surface area contributed by atoms with Gasteiger partial charge < -0.3 is 9.67 Å². The molecule has 158 valence electrons. The van der Waals surface area contributed by atoms with Gasteiger partial charge in [0.1, 0.15) is 0 Å². The van der Waals surface area contributed by atoms with Crippen molar-refractivity contribution in [3.63, 3.8) is 0 Å². The molecule has 2 atom stereocenters. The molecule has 3 rings (SSSR count). The first kappa shape index (κ1) is 22.5. The first-order valence-corrected chi connectivity index (χ1v) is 12.7. The van der Waals surface area contributed by atoms with Crippen LogP contribution >= 0.6 is 7.14 Å². The summed E-state index contributed by atoms with van der Waals surface area (Å²) < 4.78 is 15.2. The topological polar surface area (TPSA) is 37.3 Å². The van der Waals surface area contributed by atoms with E-state index in [-0.39, 0.29) is 0 Å². The van der Waals surface area contributed by atoms with Crippen molar-refractivity contribution >= 4 is 17.8 Å². The molecule has 0 unspecified atom stereocenters. The number of hydrogen-bond donors (Lipinski definition) is 1. The Morgan fingerprint density at radius 2 is 1.23 bits per heavy atom. The number of unbranched alkanes of at least 4 members (excludes halogenated alkanes) is 3. The van der Waals surface area contributed by atoms with Gasteiger partial charge in [-0.2, -0.15) is 0 Å². The Morgan fingerprint density at radius 1 is 0.767 bits per heavy atom. The van der Waals surface area contributed by atoms with E-state index in [1.165, 1.54) is 0 Å². The van der Waals surface area contributed by atoms with Crippen LogP contribution in [0.5, 0.6) is 0 Å². The second-order valence-corrected chi connectivity index (χ2v) is 11.5. The maximum Gasteiger partial charge on any atom is 0.151 e. The van der Waals surface area contributed by atoms with Gasteiger partial charge in [-0.3, -0.25) is 0 Å². The first-order valence-electron chi connectivity index (χ1n) is 11.0. The largest absolute Gasteiger partial charge is 0.387 e. The Bertz CT molecular complexity index is 897. The second kappa shape index (κ2) is 10.2. The Balaban J connectivity index is 2.17. The summed E-state index contributed by atoms with van der Waals surface area (Å²) in [6.07, 6.45) is 4.19. The molecule has 0 saturated carbocycles. The normalized spacial score (nSPS) is 14.8. The SMILES string of the molecule is CCCCCC[C@@](C)([C@H](O)c1ccccc1)P(=O)(c1ccccc1)c1ccccc1. The highest BCUT2D eigenvalue weighted by Gasteiger charge is 2.51. The lowest BCUT2D eigenvalue weighted by Gasteiger charge is -2.42. The fourth-order valence-electron chi connectivity index (χ4n) is 4.39. The first-order chi connectivity index (χ1) is 14.5. The molecule has 0 aliphatic carbocycles. The number of hydrogen-bond acceptors (Lipinski definition) is 2. The van der Waals surface area contributed by atoms with Crippen LogP contribution in [0.15, 0.2) is 91.0 Å². The lowest BCUT2D eigenvalue weighted by atomic mass is 9.91. The molecule has 0 aromatic heterocycles. The molecule has 3 heteroatoms. The highest BCUT2D eigenvalue weighted by Crippen LogP contribution is 2.62. The Labute approximate surface area is 181 Å². The zero-order valence-electron chi connectivity index (χ0n) is 18.1. The van der Waals surface area contributed by atoms with Crippen LogP contribution in [0.2, 0.25) is 0 Å². The monoisotopic (exact) mass is 420 g/mol. The van der Waals surface area contributed by atoms with Gasteiger partial charge in [0.05, 0.1) is 11.3 Å². The molecule has 3 aromatic rings. The zero-order valence-corrected chi connectivity index (χ0v) is 19.0. The summed E-state index contributed by atoms with van der Waals surface area (Å²) >= 11 is 0. The highest BCUT2D eigenvalue weighted by atomic mass is 31.2. The predicted octanol–water partition coefficient (Wildman–Crippen LogP) is 6.46. The van der Waals surface area contributed by atoms with E-state index in [2.05, 4.69) is 6.92 Å². The molecular weight excluding hydrogens is 387 g/mol. The molecular formula is C27H33O2P. The van der Waals surface area contributed by atoms with Gasteiger partial charge in [-0.25, -0.2) is 0 Å². The van der Waals surface area contributed by atoms with Gasteiger partial charge in [0, 0.05) is 10.6 Å². The van der Waals surface area contributed by atoms with Gasteiger partial charge in [0.25, 0.3) is 0 Å². The van der Waals surface area contributed by atoms with Crippen molar-refractivity contribution in [1.82, 2.24) is 0 Å². The number of benzene rings is 3. The number of rotatable bonds is 10. The third-order valence-corrected chi connectivity index (χ3v) is 10.2. The zero-order chi connectivity index (χ0) is 21.5. The van der Waals surface area contributed by atoms with Gasteiger partial charge in [-0.1, -0.05) is 124 Å². The third kappa shape index (κ3) is 4.46. The molecule has 0 bridgehead atoms. The van der Waals surface area contributed by atoms with E-state index in [0.29, 0.717) is 6.42 Å². The molecule has 0 heterocycles. The summed E-state index contributed by atoms with van der Waals surface area (Å²) in [4.78, 5) is 0. The van der Waals surface area contributed by atoms with Crippen LogP contribution in [-0.4, -0.2) is 10.3 Å². The Kier molecular flexibility index (Phi) is 7.69. The van der Waals surface area contributed by atoms with Crippen molar-refractivity contribution in [2.75, 3.05) is 0 Å². The molecule has 30 heavy (non-hydrogen) atoms. The van der Waals surface area contributed by atoms with Crippen LogP contribution < -0.4 is 10.6 Å². The molecule has 0 aliphatic rings. The van der Waals surface area contributed by atoms with Gasteiger partial charge >= 0.3 is 0 Å². The van der Waals surface area contributed by atoms with Crippen molar-refractivity contribution in [3.8, 4) is 0 Å². The fraction of sp³-hybridized carbons (Fsp3) is 0.333. The lowest BCUT2D eigenvalue weighted by Crippen LogP contribution is -2.41. The summed E-state index contributed by atoms with van der Waals surface area (Å²) in [7, 11) is -3.17. The van der Waals surface area contributed by atoms with E-state index in [4.69, 9.17) is 0 Å². The number of aliphatic hydroxyl groups excluding tert-OH is 1. The number of aliphatic hydroxyl groups is 1. The minimum Gasteiger partial charge on any atom is -0.387 e. The van der Waals surface area contributed by atoms with E-state index >= 15 is 4.57 Å². The Hall–Kier alpha value is -2.15. The predicted molar refractivity (Wildman–Crippen MR) is 128 cm³/mol. The molecule has 0 amide bonds. The highest BCUT2D eigenvalue weighted by molar-refractivity contribution is 7.80. The van der Waals surface area contributed by atoms with E-state index in [0.717, 1.165) is 41.9 Å². The minimum atomic E-state index is -3.17. The summed E-state index contributed by atoms with van der Waals surface area (Å²) in [6, 6.07) is 29.2. The molecule has 0 saturated heterocycles. The van der Waals surface area contributed by atoms with Gasteiger partial charge in [-0.15, -0.1) is 0 Å². The van der Waals surface area contributed by atoms with Crippen LogP contribution in [0, 0.1) is 0 Å². The fourth-order valence-corrected chi connectivity index (χ4v) is 8.01. The maximum atomic E-state index is 15.2. The van der Waals surface area contributed by atoms with E-state index in [1.54, 1.807) is 0 Å². The average molecular weight is 421 g/mol. The molecule has 1 N–H and O–H groups in total. The van der Waals surface area contributed by atoms with E-state index in [9.17, 15) is 5.11 Å². The summed E-state index contributed by atoms with van der Waals surface area (Å²) in [5, 5.41) is 12.5. The summed E-state index contributed by atoms with van der Waals surface area (Å²) in [5.41, 5.74) is 0.822. The second-order valence-electron chi connectivity index (χ2n) is 8.26. The van der Waals surface area contributed by atoms with Gasteiger partial charge in [0.2, 0.25) is 0 Å². The van der Waals surface area contributed by atoms with E-state index in [1.807, 2.05) is 97.9 Å². The molecule has 0 fully saturated rings. The van der Waals surface area contributed by atoms with Crippen molar-refractivity contribution in [2.45, 2.75) is 57.2 Å². The van der Waals surface area contributed by atoms with Crippen molar-refractivity contribution in [1.29, 1.82) is 0 Å². The van der Waals surface area contributed by atoms with Crippen LogP contribution in [0.3, 0.4) is 0 Å². The third-order valence-electron chi connectivity index (χ3n) is 6.20. The van der Waals surface area contributed by atoms with Crippen LogP contribution in [0.25, 0.3) is 0 Å². The van der Waals surface area contributed by atoms with Crippen molar-refractivity contribution in [2.24, 2.45) is 0 Å². The van der Waals surface area contributed by atoms with Gasteiger partial charge in [0.15, 0.2) is 7.14 Å². The molecule has 3 aromatic carbocycles. The lowest BCUT2D eigenvalue weighted by molar-refractivity contribution is 0.125. The van der Waals surface area contributed by atoms with Crippen LogP contribution in [0.1, 0.15) is 57.6 Å². The smallest absolute Gasteiger partial charge is 0.151 e. The van der Waals surface area contributed by atoms with Crippen molar-refractivity contribution < 1.29 is 9.67 Å². The average Bonchev–Trinajstić information content (AvgIpc) is 2.82. The standard InChI is InChI=1S/C27H33O2P/c1-3-4-5-15-22-27(2,26(28)23-16-9-6-10-17-23)30(29,24-18-11-7-12-19-24)25-20-13-8-14-21-25/h6-14,16-21,26,28H,3-5,15,22H2,1-2H3/t26-,27+/m1/s1.